The minimum absolute atomic E-state index is 0.140. The van der Waals surface area contributed by atoms with E-state index in [1.807, 2.05) is 6.20 Å². The van der Waals surface area contributed by atoms with Gasteiger partial charge in [-0.15, -0.1) is 0 Å². The average molecular weight is 491 g/mol. The van der Waals surface area contributed by atoms with E-state index >= 15 is 0 Å². The van der Waals surface area contributed by atoms with E-state index in [-0.39, 0.29) is 5.41 Å². The monoisotopic (exact) mass is 490 g/mol. The highest BCUT2D eigenvalue weighted by Gasteiger charge is 2.26. The molecule has 1 atom stereocenters. The predicted molar refractivity (Wildman–Crippen MR) is 152 cm³/mol. The first-order valence-electron chi connectivity index (χ1n) is 13.1. The molecule has 1 fully saturated rings. The highest BCUT2D eigenvalue weighted by Crippen LogP contribution is 2.31. The lowest BCUT2D eigenvalue weighted by molar-refractivity contribution is 0.181. The molecular formula is C31H34N6. The maximum atomic E-state index is 5.07. The molecule has 2 aromatic heterocycles. The molecular weight excluding hydrogens is 456 g/mol. The van der Waals surface area contributed by atoms with E-state index < -0.39 is 0 Å². The lowest BCUT2D eigenvalue weighted by atomic mass is 9.87. The van der Waals surface area contributed by atoms with Crippen molar-refractivity contribution in [1.82, 2.24) is 24.8 Å². The van der Waals surface area contributed by atoms with Crippen LogP contribution < -0.4 is 4.90 Å². The van der Waals surface area contributed by atoms with Crippen LogP contribution in [-0.2, 0) is 12.0 Å². The van der Waals surface area contributed by atoms with Crippen molar-refractivity contribution >= 4 is 27.6 Å². The number of imidazole rings is 1. The molecule has 3 heterocycles. The summed E-state index contributed by atoms with van der Waals surface area (Å²) in [6, 6.07) is 22.2. The number of anilines is 1. The van der Waals surface area contributed by atoms with Crippen molar-refractivity contribution in [3.05, 3.63) is 84.3 Å². The summed E-state index contributed by atoms with van der Waals surface area (Å²) in [5.41, 5.74) is 8.23. The van der Waals surface area contributed by atoms with Crippen molar-refractivity contribution in [3.63, 3.8) is 0 Å². The second kappa shape index (κ2) is 9.27. The van der Waals surface area contributed by atoms with Gasteiger partial charge in [0.2, 0.25) is 0 Å². The van der Waals surface area contributed by atoms with Crippen LogP contribution in [0.3, 0.4) is 0 Å². The van der Waals surface area contributed by atoms with E-state index in [0.717, 1.165) is 59.5 Å². The number of para-hydroxylation sites is 1. The van der Waals surface area contributed by atoms with Gasteiger partial charge in [0.15, 0.2) is 0 Å². The van der Waals surface area contributed by atoms with Gasteiger partial charge in [0.25, 0.3) is 0 Å². The van der Waals surface area contributed by atoms with Crippen molar-refractivity contribution in [3.8, 4) is 11.4 Å². The molecule has 1 N–H and O–H groups in total. The third-order valence-corrected chi connectivity index (χ3v) is 7.58. The Hall–Kier alpha value is -3.77. The Labute approximate surface area is 218 Å². The second-order valence-electron chi connectivity index (χ2n) is 11.3. The number of rotatable bonds is 4. The van der Waals surface area contributed by atoms with Crippen LogP contribution in [0, 0.1) is 0 Å². The predicted octanol–water partition coefficient (Wildman–Crippen LogP) is 6.18. The maximum Gasteiger partial charge on any atom is 0.138 e. The molecule has 0 bridgehead atoms. The molecule has 6 heteroatoms. The molecule has 0 saturated carbocycles. The quantitative estimate of drug-likeness (QED) is 0.326. The Balaban J connectivity index is 1.20. The summed E-state index contributed by atoms with van der Waals surface area (Å²) in [7, 11) is 0. The first kappa shape index (κ1) is 23.6. The summed E-state index contributed by atoms with van der Waals surface area (Å²) in [6.07, 6.45) is 3.49. The summed E-state index contributed by atoms with van der Waals surface area (Å²) >= 11 is 0. The molecule has 0 unspecified atom stereocenters. The SMILES string of the molecule is C[C@H]1CN(c2cccc3[nH]c(-c4ccc(C(C)(C)C)cc4)nc23)CCN1Cc1ccc2cncnc2c1. The average Bonchev–Trinajstić information content (AvgIpc) is 3.34. The van der Waals surface area contributed by atoms with Gasteiger partial charge in [-0.05, 0) is 41.7 Å². The Morgan fingerprint density at radius 1 is 1.00 bits per heavy atom. The number of fused-ring (bicyclic) bond motifs is 2. The first-order valence-corrected chi connectivity index (χ1v) is 13.1. The number of piperazine rings is 1. The van der Waals surface area contributed by atoms with Crippen molar-refractivity contribution in [2.75, 3.05) is 24.5 Å². The number of H-pyrrole nitrogens is 1. The van der Waals surface area contributed by atoms with Gasteiger partial charge in [-0.1, -0.05) is 63.2 Å². The molecule has 0 radical (unpaired) electrons. The zero-order valence-electron chi connectivity index (χ0n) is 22.1. The molecule has 5 aromatic rings. The zero-order valence-corrected chi connectivity index (χ0v) is 22.1. The Kier molecular flexibility index (Phi) is 5.92. The van der Waals surface area contributed by atoms with Gasteiger partial charge in [0.1, 0.15) is 17.7 Å². The normalized spacial score (nSPS) is 17.1. The molecule has 188 valence electrons. The standard InChI is InChI=1S/C31H34N6/c1-21-18-37(15-14-36(21)19-22-8-9-24-17-32-20-33-27(24)16-22)28-7-5-6-26-29(28)35-30(34-26)23-10-12-25(13-11-23)31(2,3)4/h5-13,16-17,20-21H,14-15,18-19H2,1-4H3,(H,34,35)/t21-/m0/s1. The fourth-order valence-corrected chi connectivity index (χ4v) is 5.34. The summed E-state index contributed by atoms with van der Waals surface area (Å²) in [4.78, 5) is 22.2. The Morgan fingerprint density at radius 2 is 1.84 bits per heavy atom. The molecule has 0 aliphatic carbocycles. The molecule has 1 aliphatic rings. The van der Waals surface area contributed by atoms with E-state index in [9.17, 15) is 0 Å². The van der Waals surface area contributed by atoms with E-state index in [2.05, 4.69) is 113 Å². The van der Waals surface area contributed by atoms with Crippen molar-refractivity contribution in [2.24, 2.45) is 0 Å². The van der Waals surface area contributed by atoms with Gasteiger partial charge in [0.05, 0.1) is 16.7 Å². The smallest absolute Gasteiger partial charge is 0.138 e. The highest BCUT2D eigenvalue weighted by molar-refractivity contribution is 5.91. The summed E-state index contributed by atoms with van der Waals surface area (Å²) < 4.78 is 0. The molecule has 0 amide bonds. The molecule has 1 saturated heterocycles. The zero-order chi connectivity index (χ0) is 25.6. The minimum Gasteiger partial charge on any atom is -0.367 e. The number of aromatic nitrogens is 4. The van der Waals surface area contributed by atoms with Crippen LogP contribution in [0.4, 0.5) is 5.69 Å². The molecule has 6 nitrogen and oxygen atoms in total. The molecule has 3 aromatic carbocycles. The number of hydrogen-bond acceptors (Lipinski definition) is 5. The Bertz CT molecular complexity index is 1550. The first-order chi connectivity index (χ1) is 17.8. The van der Waals surface area contributed by atoms with Crippen LogP contribution in [0.2, 0.25) is 0 Å². The molecule has 0 spiro atoms. The topological polar surface area (TPSA) is 60.9 Å². The van der Waals surface area contributed by atoms with Gasteiger partial charge in [-0.25, -0.2) is 15.0 Å². The van der Waals surface area contributed by atoms with Crippen LogP contribution in [0.5, 0.6) is 0 Å². The number of hydrogen-bond donors (Lipinski definition) is 1. The van der Waals surface area contributed by atoms with Gasteiger partial charge < -0.3 is 9.88 Å². The number of nitrogens with zero attached hydrogens (tertiary/aromatic N) is 5. The van der Waals surface area contributed by atoms with Crippen LogP contribution in [0.25, 0.3) is 33.3 Å². The summed E-state index contributed by atoms with van der Waals surface area (Å²) in [5, 5.41) is 1.08. The van der Waals surface area contributed by atoms with E-state index in [1.54, 1.807) is 6.33 Å². The van der Waals surface area contributed by atoms with Crippen molar-refractivity contribution in [1.29, 1.82) is 0 Å². The van der Waals surface area contributed by atoms with E-state index in [0.29, 0.717) is 6.04 Å². The minimum atomic E-state index is 0.140. The largest absolute Gasteiger partial charge is 0.367 e. The fraction of sp³-hybridized carbons (Fsp3) is 0.323. The van der Waals surface area contributed by atoms with E-state index in [4.69, 9.17) is 4.98 Å². The third kappa shape index (κ3) is 4.69. The second-order valence-corrected chi connectivity index (χ2v) is 11.3. The van der Waals surface area contributed by atoms with Crippen LogP contribution in [0.15, 0.2) is 73.2 Å². The lowest BCUT2D eigenvalue weighted by Gasteiger charge is -2.41. The molecule has 1 aliphatic heterocycles. The van der Waals surface area contributed by atoms with Crippen LogP contribution >= 0.6 is 0 Å². The maximum absolute atomic E-state index is 5.07. The number of nitrogens with one attached hydrogen (secondary N) is 1. The summed E-state index contributed by atoms with van der Waals surface area (Å²) in [5.74, 6) is 0.926. The van der Waals surface area contributed by atoms with Crippen LogP contribution in [0.1, 0.15) is 38.8 Å². The van der Waals surface area contributed by atoms with Gasteiger partial charge in [0, 0.05) is 49.4 Å². The van der Waals surface area contributed by atoms with E-state index in [1.165, 1.54) is 16.8 Å². The number of aromatic amines is 1. The highest BCUT2D eigenvalue weighted by atomic mass is 15.3. The van der Waals surface area contributed by atoms with Crippen molar-refractivity contribution < 1.29 is 0 Å². The third-order valence-electron chi connectivity index (χ3n) is 7.58. The van der Waals surface area contributed by atoms with Gasteiger partial charge in [-0.3, -0.25) is 4.90 Å². The summed E-state index contributed by atoms with van der Waals surface area (Å²) in [6.45, 7) is 12.9. The Morgan fingerprint density at radius 3 is 2.62 bits per heavy atom. The molecule has 37 heavy (non-hydrogen) atoms. The van der Waals surface area contributed by atoms with Crippen molar-refractivity contribution in [2.45, 2.75) is 45.7 Å². The molecule has 6 rings (SSSR count). The lowest BCUT2D eigenvalue weighted by Crippen LogP contribution is -2.51. The fourth-order valence-electron chi connectivity index (χ4n) is 5.34. The van der Waals surface area contributed by atoms with Gasteiger partial charge in [-0.2, -0.15) is 0 Å². The van der Waals surface area contributed by atoms with Crippen LogP contribution in [-0.4, -0.2) is 50.5 Å². The van der Waals surface area contributed by atoms with Gasteiger partial charge >= 0.3 is 0 Å². The number of benzene rings is 3.